The number of rotatable bonds is 2. The van der Waals surface area contributed by atoms with Gasteiger partial charge in [-0.2, -0.15) is 0 Å². The number of nitrogens with zero attached hydrogens (tertiary/aromatic N) is 3. The Morgan fingerprint density at radius 3 is 2.58 bits per heavy atom. The Balaban J connectivity index is 1.50. The van der Waals surface area contributed by atoms with Crippen molar-refractivity contribution in [3.8, 4) is 0 Å². The Morgan fingerprint density at radius 2 is 1.88 bits per heavy atom. The van der Waals surface area contributed by atoms with E-state index in [0.717, 1.165) is 11.3 Å². The highest BCUT2D eigenvalue weighted by Crippen LogP contribution is 2.27. The van der Waals surface area contributed by atoms with Gasteiger partial charge in [-0.3, -0.25) is 9.59 Å². The number of carbonyl (C=O) groups excluding carboxylic acids is 3. The molecule has 2 amide bonds. The molecule has 1 aromatic carbocycles. The van der Waals surface area contributed by atoms with Gasteiger partial charge in [-0.15, -0.1) is 0 Å². The van der Waals surface area contributed by atoms with Gasteiger partial charge in [-0.25, -0.2) is 14.8 Å². The topological polar surface area (TPSA) is 89.5 Å². The minimum atomic E-state index is -0.608. The molecule has 1 aliphatic heterocycles. The third kappa shape index (κ3) is 2.25. The van der Waals surface area contributed by atoms with Crippen LogP contribution in [0.15, 0.2) is 36.8 Å². The van der Waals surface area contributed by atoms with Crippen LogP contribution in [0.1, 0.15) is 38.4 Å². The second-order valence-electron chi connectivity index (χ2n) is 5.79. The van der Waals surface area contributed by atoms with Crippen LogP contribution >= 0.6 is 0 Å². The average Bonchev–Trinajstić information content (AvgIpc) is 2.86. The zero-order chi connectivity index (χ0) is 16.7. The number of hydroxylamine groups is 2. The van der Waals surface area contributed by atoms with Crippen molar-refractivity contribution in [3.05, 3.63) is 59.2 Å². The van der Waals surface area contributed by atoms with Crippen LogP contribution in [0, 0.1) is 5.92 Å². The van der Waals surface area contributed by atoms with E-state index in [1.54, 1.807) is 18.3 Å². The van der Waals surface area contributed by atoms with E-state index in [-0.39, 0.29) is 11.1 Å². The van der Waals surface area contributed by atoms with Crippen LogP contribution in [-0.2, 0) is 22.5 Å². The summed E-state index contributed by atoms with van der Waals surface area (Å²) in [5.41, 5.74) is 2.32. The fraction of sp³-hybridized carbons (Fsp3) is 0.235. The van der Waals surface area contributed by atoms with Gasteiger partial charge >= 0.3 is 5.97 Å². The van der Waals surface area contributed by atoms with E-state index in [4.69, 9.17) is 4.84 Å². The Kier molecular flexibility index (Phi) is 3.34. The summed E-state index contributed by atoms with van der Waals surface area (Å²) in [6.07, 6.45) is 4.81. The van der Waals surface area contributed by atoms with Crippen LogP contribution in [0.5, 0.6) is 0 Å². The molecule has 0 saturated heterocycles. The second kappa shape index (κ2) is 5.52. The number of aryl methyl sites for hydroxylation is 1. The predicted molar refractivity (Wildman–Crippen MR) is 80.6 cm³/mol. The SMILES string of the molecule is O=C(ON1C(=O)c2ccccc2C1=O)C1CCc2ncncc2C1. The van der Waals surface area contributed by atoms with E-state index >= 15 is 0 Å². The zero-order valence-electron chi connectivity index (χ0n) is 12.6. The average molecular weight is 323 g/mol. The lowest BCUT2D eigenvalue weighted by Crippen LogP contribution is -2.36. The number of imide groups is 1. The van der Waals surface area contributed by atoms with Gasteiger partial charge in [0, 0.05) is 11.9 Å². The zero-order valence-corrected chi connectivity index (χ0v) is 12.6. The van der Waals surface area contributed by atoms with Crippen LogP contribution in [0.2, 0.25) is 0 Å². The van der Waals surface area contributed by atoms with Gasteiger partial charge in [0.05, 0.1) is 17.0 Å². The van der Waals surface area contributed by atoms with E-state index < -0.39 is 23.7 Å². The lowest BCUT2D eigenvalue weighted by atomic mass is 9.87. The summed E-state index contributed by atoms with van der Waals surface area (Å²) in [6.45, 7) is 0. The smallest absolute Gasteiger partial charge is 0.329 e. The van der Waals surface area contributed by atoms with E-state index in [0.29, 0.717) is 24.3 Å². The summed E-state index contributed by atoms with van der Waals surface area (Å²) in [7, 11) is 0. The van der Waals surface area contributed by atoms with E-state index in [9.17, 15) is 14.4 Å². The highest BCUT2D eigenvalue weighted by Gasteiger charge is 2.40. The lowest BCUT2D eigenvalue weighted by molar-refractivity contribution is -0.174. The first kappa shape index (κ1) is 14.5. The van der Waals surface area contributed by atoms with Crippen molar-refractivity contribution in [3.63, 3.8) is 0 Å². The first-order valence-corrected chi connectivity index (χ1v) is 7.62. The van der Waals surface area contributed by atoms with Crippen LogP contribution in [0.25, 0.3) is 0 Å². The van der Waals surface area contributed by atoms with Gasteiger partial charge in [-0.05, 0) is 37.0 Å². The van der Waals surface area contributed by atoms with Gasteiger partial charge in [0.2, 0.25) is 0 Å². The molecule has 24 heavy (non-hydrogen) atoms. The van der Waals surface area contributed by atoms with Crippen molar-refractivity contribution in [2.75, 3.05) is 0 Å². The van der Waals surface area contributed by atoms with E-state index in [2.05, 4.69) is 9.97 Å². The minimum absolute atomic E-state index is 0.248. The maximum absolute atomic E-state index is 12.4. The Morgan fingerprint density at radius 1 is 1.17 bits per heavy atom. The number of aromatic nitrogens is 2. The molecule has 0 spiro atoms. The molecule has 7 nitrogen and oxygen atoms in total. The molecule has 0 saturated carbocycles. The molecular weight excluding hydrogens is 310 g/mol. The van der Waals surface area contributed by atoms with E-state index in [1.165, 1.54) is 18.5 Å². The summed E-state index contributed by atoms with van der Waals surface area (Å²) in [4.78, 5) is 50.1. The molecule has 2 aliphatic rings. The molecule has 7 heteroatoms. The molecule has 0 radical (unpaired) electrons. The number of benzene rings is 1. The standard InChI is InChI=1S/C17H13N3O4/c21-15-12-3-1-2-4-13(12)16(22)20(15)24-17(23)10-5-6-14-11(7-10)8-18-9-19-14/h1-4,8-10H,5-7H2. The number of hydrogen-bond donors (Lipinski definition) is 0. The van der Waals surface area contributed by atoms with Crippen molar-refractivity contribution in [1.29, 1.82) is 0 Å². The Bertz CT molecular complexity index is 829. The molecule has 1 aliphatic carbocycles. The van der Waals surface area contributed by atoms with Crippen LogP contribution in [0.4, 0.5) is 0 Å². The van der Waals surface area contributed by atoms with Gasteiger partial charge in [0.15, 0.2) is 0 Å². The summed E-state index contributed by atoms with van der Waals surface area (Å²) < 4.78 is 0. The Labute approximate surface area is 137 Å². The maximum atomic E-state index is 12.4. The third-order valence-electron chi connectivity index (χ3n) is 4.35. The van der Waals surface area contributed by atoms with Crippen molar-refractivity contribution in [1.82, 2.24) is 15.0 Å². The van der Waals surface area contributed by atoms with Gasteiger partial charge in [-0.1, -0.05) is 17.2 Å². The quantitative estimate of drug-likeness (QED) is 0.775. The monoisotopic (exact) mass is 323 g/mol. The molecule has 1 unspecified atom stereocenters. The van der Waals surface area contributed by atoms with Gasteiger partial charge < -0.3 is 4.84 Å². The fourth-order valence-electron chi connectivity index (χ4n) is 3.07. The third-order valence-corrected chi connectivity index (χ3v) is 4.35. The first-order chi connectivity index (χ1) is 11.6. The number of hydrogen-bond acceptors (Lipinski definition) is 6. The van der Waals surface area contributed by atoms with Crippen molar-refractivity contribution in [2.45, 2.75) is 19.3 Å². The lowest BCUT2D eigenvalue weighted by Gasteiger charge is -2.23. The second-order valence-corrected chi connectivity index (χ2v) is 5.79. The molecule has 2 heterocycles. The van der Waals surface area contributed by atoms with Crippen LogP contribution in [0.3, 0.4) is 0 Å². The largest absolute Gasteiger partial charge is 0.336 e. The summed E-state index contributed by atoms with van der Waals surface area (Å²) >= 11 is 0. The number of carbonyl (C=O) groups is 3. The normalized spacial score (nSPS) is 19.0. The Hall–Kier alpha value is -3.09. The van der Waals surface area contributed by atoms with Gasteiger partial charge in [0.25, 0.3) is 11.8 Å². The highest BCUT2D eigenvalue weighted by atomic mass is 16.7. The summed E-state index contributed by atoms with van der Waals surface area (Å²) in [5.74, 6) is -2.22. The molecule has 2 aromatic rings. The van der Waals surface area contributed by atoms with Gasteiger partial charge in [0.1, 0.15) is 6.33 Å². The van der Waals surface area contributed by atoms with E-state index in [1.807, 2.05) is 0 Å². The molecule has 0 N–H and O–H groups in total. The van der Waals surface area contributed by atoms with Crippen molar-refractivity contribution >= 4 is 17.8 Å². The number of fused-ring (bicyclic) bond motifs is 2. The molecule has 120 valence electrons. The predicted octanol–water partition coefficient (Wildman–Crippen LogP) is 1.34. The fourth-order valence-corrected chi connectivity index (χ4v) is 3.07. The molecule has 4 rings (SSSR count). The molecular formula is C17H13N3O4. The summed E-state index contributed by atoms with van der Waals surface area (Å²) in [6, 6.07) is 6.40. The highest BCUT2D eigenvalue weighted by molar-refractivity contribution is 6.20. The van der Waals surface area contributed by atoms with Crippen molar-refractivity contribution < 1.29 is 19.2 Å². The molecule has 1 aromatic heterocycles. The number of amides is 2. The van der Waals surface area contributed by atoms with Crippen LogP contribution < -0.4 is 0 Å². The minimum Gasteiger partial charge on any atom is -0.329 e. The molecule has 0 bridgehead atoms. The van der Waals surface area contributed by atoms with Crippen molar-refractivity contribution in [2.24, 2.45) is 5.92 Å². The van der Waals surface area contributed by atoms with Crippen LogP contribution in [-0.4, -0.2) is 32.8 Å². The first-order valence-electron chi connectivity index (χ1n) is 7.62. The molecule has 0 fully saturated rings. The summed E-state index contributed by atoms with van der Waals surface area (Å²) in [5, 5.41) is 0.560. The molecule has 1 atom stereocenters. The maximum Gasteiger partial charge on any atom is 0.336 e.